The van der Waals surface area contributed by atoms with Crippen LogP contribution >= 0.6 is 11.8 Å². The maximum Gasteiger partial charge on any atom is 0.239 e. The molecular weight excluding hydrogens is 250 g/mol. The van der Waals surface area contributed by atoms with E-state index in [4.69, 9.17) is 4.52 Å². The third kappa shape index (κ3) is 3.73. The van der Waals surface area contributed by atoms with Gasteiger partial charge in [0.25, 0.3) is 0 Å². The van der Waals surface area contributed by atoms with Gasteiger partial charge in [-0.1, -0.05) is 18.0 Å². The average Bonchev–Trinajstić information content (AvgIpc) is 2.97. The van der Waals surface area contributed by atoms with E-state index in [1.807, 2.05) is 6.92 Å². The molecule has 0 bridgehead atoms. The molecule has 1 aromatic rings. The van der Waals surface area contributed by atoms with Crippen LogP contribution in [-0.2, 0) is 4.79 Å². The molecule has 6 heteroatoms. The van der Waals surface area contributed by atoms with Gasteiger partial charge in [-0.15, -0.1) is 11.8 Å². The van der Waals surface area contributed by atoms with Gasteiger partial charge in [0, 0.05) is 6.04 Å². The van der Waals surface area contributed by atoms with E-state index >= 15 is 0 Å². The second kappa shape index (κ2) is 6.22. The molecule has 0 saturated heterocycles. The van der Waals surface area contributed by atoms with Crippen molar-refractivity contribution >= 4 is 17.7 Å². The molecule has 0 aliphatic heterocycles. The van der Waals surface area contributed by atoms with E-state index in [0.717, 1.165) is 12.8 Å². The number of aromatic nitrogens is 2. The minimum absolute atomic E-state index is 0.0560. The summed E-state index contributed by atoms with van der Waals surface area (Å²) in [4.78, 5) is 15.9. The highest BCUT2D eigenvalue weighted by Crippen LogP contribution is 2.26. The summed E-state index contributed by atoms with van der Waals surface area (Å²) in [6.45, 7) is 3.76. The highest BCUT2D eigenvalue weighted by molar-refractivity contribution is 8.00. The van der Waals surface area contributed by atoms with E-state index in [1.165, 1.54) is 24.6 Å². The molecule has 1 aliphatic rings. The Hall–Kier alpha value is -1.04. The summed E-state index contributed by atoms with van der Waals surface area (Å²) in [5.41, 5.74) is 0. The average molecular weight is 269 g/mol. The summed E-state index contributed by atoms with van der Waals surface area (Å²) in [7, 11) is 0. The Morgan fingerprint density at radius 1 is 1.56 bits per heavy atom. The van der Waals surface area contributed by atoms with Crippen molar-refractivity contribution in [2.45, 2.75) is 50.8 Å². The van der Waals surface area contributed by atoms with Gasteiger partial charge in [-0.3, -0.25) is 4.79 Å². The van der Waals surface area contributed by atoms with Crippen LogP contribution in [0.1, 0.15) is 49.6 Å². The third-order valence-corrected chi connectivity index (χ3v) is 4.21. The van der Waals surface area contributed by atoms with E-state index in [1.54, 1.807) is 6.92 Å². The topological polar surface area (TPSA) is 68.0 Å². The van der Waals surface area contributed by atoms with E-state index < -0.39 is 0 Å². The van der Waals surface area contributed by atoms with Crippen LogP contribution in [0.3, 0.4) is 0 Å². The number of hydrogen-bond donors (Lipinski definition) is 1. The lowest BCUT2D eigenvalue weighted by molar-refractivity contribution is -0.119. The second-order valence-electron chi connectivity index (χ2n) is 4.68. The zero-order chi connectivity index (χ0) is 13.0. The van der Waals surface area contributed by atoms with Crippen molar-refractivity contribution in [3.63, 3.8) is 0 Å². The Kier molecular flexibility index (Phi) is 4.63. The Balaban J connectivity index is 1.71. The molecule has 1 aromatic heterocycles. The number of aryl methyl sites for hydroxylation is 1. The summed E-state index contributed by atoms with van der Waals surface area (Å²) in [6, 6.07) is 0.388. The molecule has 0 aromatic carbocycles. The molecule has 18 heavy (non-hydrogen) atoms. The number of carbonyl (C=O) groups is 1. The number of nitrogens with one attached hydrogen (secondary N) is 1. The highest BCUT2D eigenvalue weighted by atomic mass is 32.2. The first kappa shape index (κ1) is 13.4. The summed E-state index contributed by atoms with van der Waals surface area (Å²) in [6.07, 6.45) is 4.70. The quantitative estimate of drug-likeness (QED) is 0.887. The van der Waals surface area contributed by atoms with Crippen molar-refractivity contribution < 1.29 is 9.32 Å². The maximum absolute atomic E-state index is 11.7. The van der Waals surface area contributed by atoms with Crippen molar-refractivity contribution in [2.75, 3.05) is 5.75 Å². The lowest BCUT2D eigenvalue weighted by Crippen LogP contribution is -2.33. The van der Waals surface area contributed by atoms with Gasteiger partial charge in [0.2, 0.25) is 11.8 Å². The Morgan fingerprint density at radius 3 is 2.89 bits per heavy atom. The molecular formula is C12H19N3O2S. The van der Waals surface area contributed by atoms with Gasteiger partial charge in [-0.2, -0.15) is 4.98 Å². The fourth-order valence-corrected chi connectivity index (χ4v) is 2.81. The van der Waals surface area contributed by atoms with Gasteiger partial charge in [0.15, 0.2) is 5.82 Å². The highest BCUT2D eigenvalue weighted by Gasteiger charge is 2.19. The lowest BCUT2D eigenvalue weighted by atomic mass is 10.2. The number of hydrogen-bond acceptors (Lipinski definition) is 5. The Bertz CT molecular complexity index is 402. The zero-order valence-electron chi connectivity index (χ0n) is 10.8. The van der Waals surface area contributed by atoms with Crippen LogP contribution in [0.4, 0.5) is 0 Å². The molecule has 1 fully saturated rings. The molecule has 1 aliphatic carbocycles. The summed E-state index contributed by atoms with van der Waals surface area (Å²) in [5, 5.41) is 6.87. The molecule has 0 radical (unpaired) electrons. The fourth-order valence-electron chi connectivity index (χ4n) is 2.09. The van der Waals surface area contributed by atoms with Crippen LogP contribution < -0.4 is 5.32 Å². The fraction of sp³-hybridized carbons (Fsp3) is 0.750. The van der Waals surface area contributed by atoms with Gasteiger partial charge < -0.3 is 9.84 Å². The van der Waals surface area contributed by atoms with Crippen LogP contribution in [0, 0.1) is 6.92 Å². The van der Waals surface area contributed by atoms with Gasteiger partial charge >= 0.3 is 0 Å². The number of nitrogens with zero attached hydrogens (tertiary/aromatic N) is 2. The van der Waals surface area contributed by atoms with E-state index in [-0.39, 0.29) is 11.2 Å². The SMILES string of the molecule is Cc1noc([C@@H](C)SCC(=O)NC2CCCC2)n1. The van der Waals surface area contributed by atoms with Gasteiger partial charge in [0.1, 0.15) is 0 Å². The maximum atomic E-state index is 11.7. The van der Waals surface area contributed by atoms with Crippen molar-refractivity contribution in [2.24, 2.45) is 0 Å². The molecule has 1 saturated carbocycles. The van der Waals surface area contributed by atoms with Crippen LogP contribution in [0.2, 0.25) is 0 Å². The van der Waals surface area contributed by atoms with Gasteiger partial charge in [-0.05, 0) is 26.7 Å². The first-order valence-electron chi connectivity index (χ1n) is 6.36. The van der Waals surface area contributed by atoms with E-state index in [2.05, 4.69) is 15.5 Å². The first-order valence-corrected chi connectivity index (χ1v) is 7.41. The monoisotopic (exact) mass is 269 g/mol. The molecule has 1 heterocycles. The zero-order valence-corrected chi connectivity index (χ0v) is 11.6. The molecule has 1 N–H and O–H groups in total. The first-order chi connectivity index (χ1) is 8.65. The summed E-state index contributed by atoms with van der Waals surface area (Å²) in [5.74, 6) is 1.77. The number of thioether (sulfide) groups is 1. The predicted molar refractivity (Wildman–Crippen MR) is 70.3 cm³/mol. The number of amides is 1. The number of carbonyl (C=O) groups excluding carboxylic acids is 1. The van der Waals surface area contributed by atoms with E-state index in [0.29, 0.717) is 23.5 Å². The molecule has 0 spiro atoms. The molecule has 5 nitrogen and oxygen atoms in total. The van der Waals surface area contributed by atoms with Crippen LogP contribution in [-0.4, -0.2) is 27.8 Å². The lowest BCUT2D eigenvalue weighted by Gasteiger charge is -2.12. The molecule has 2 rings (SSSR count). The van der Waals surface area contributed by atoms with Crippen LogP contribution in [0.25, 0.3) is 0 Å². The summed E-state index contributed by atoms with van der Waals surface area (Å²) < 4.78 is 5.08. The van der Waals surface area contributed by atoms with E-state index in [9.17, 15) is 4.79 Å². The van der Waals surface area contributed by atoms with Crippen molar-refractivity contribution in [3.8, 4) is 0 Å². The predicted octanol–water partition coefficient (Wildman–Crippen LogP) is 2.23. The van der Waals surface area contributed by atoms with Gasteiger partial charge in [-0.25, -0.2) is 0 Å². The molecule has 1 amide bonds. The van der Waals surface area contributed by atoms with Crippen molar-refractivity contribution in [3.05, 3.63) is 11.7 Å². The second-order valence-corrected chi connectivity index (χ2v) is 6.01. The van der Waals surface area contributed by atoms with Crippen LogP contribution in [0.5, 0.6) is 0 Å². The van der Waals surface area contributed by atoms with Crippen LogP contribution in [0.15, 0.2) is 4.52 Å². The Labute approximate surface area is 111 Å². The third-order valence-electron chi connectivity index (χ3n) is 3.08. The molecule has 100 valence electrons. The van der Waals surface area contributed by atoms with Crippen molar-refractivity contribution in [1.29, 1.82) is 0 Å². The smallest absolute Gasteiger partial charge is 0.239 e. The minimum atomic E-state index is 0.0560. The normalized spacial score (nSPS) is 17.9. The molecule has 0 unspecified atom stereocenters. The number of rotatable bonds is 5. The Morgan fingerprint density at radius 2 is 2.28 bits per heavy atom. The summed E-state index contributed by atoms with van der Waals surface area (Å²) >= 11 is 1.53. The van der Waals surface area contributed by atoms with Gasteiger partial charge in [0.05, 0.1) is 11.0 Å². The minimum Gasteiger partial charge on any atom is -0.353 e. The van der Waals surface area contributed by atoms with Crippen molar-refractivity contribution in [1.82, 2.24) is 15.5 Å². The standard InChI is InChI=1S/C12H19N3O2S/c1-8(12-13-9(2)15-17-12)18-7-11(16)14-10-5-3-4-6-10/h8,10H,3-7H2,1-2H3,(H,14,16)/t8-/m1/s1. The largest absolute Gasteiger partial charge is 0.353 e. The molecule has 1 atom stereocenters.